The average molecular weight is 236 g/mol. The highest BCUT2D eigenvalue weighted by molar-refractivity contribution is 4.95. The molecule has 2 saturated carbocycles. The van der Waals surface area contributed by atoms with Crippen molar-refractivity contribution in [3.05, 3.63) is 0 Å². The Morgan fingerprint density at radius 2 is 2.12 bits per heavy atom. The minimum absolute atomic E-state index is 0.679. The molecule has 2 aliphatic carbocycles. The van der Waals surface area contributed by atoms with E-state index in [9.17, 15) is 0 Å². The molecule has 1 N–H and O–H groups in total. The van der Waals surface area contributed by atoms with E-state index in [0.717, 1.165) is 23.8 Å². The summed E-state index contributed by atoms with van der Waals surface area (Å²) < 4.78 is 0. The van der Waals surface area contributed by atoms with Crippen LogP contribution in [0.1, 0.15) is 46.0 Å². The third-order valence-electron chi connectivity index (χ3n) is 5.61. The molecule has 1 aliphatic heterocycles. The van der Waals surface area contributed by atoms with Gasteiger partial charge >= 0.3 is 0 Å². The Labute approximate surface area is 106 Å². The summed E-state index contributed by atoms with van der Waals surface area (Å²) in [5, 5.41) is 3.61. The number of nitrogens with zero attached hydrogens (tertiary/aromatic N) is 1. The highest BCUT2D eigenvalue weighted by Gasteiger charge is 2.43. The van der Waals surface area contributed by atoms with Crippen molar-refractivity contribution in [2.45, 2.75) is 58.0 Å². The van der Waals surface area contributed by atoms with Gasteiger partial charge in [0.2, 0.25) is 0 Å². The lowest BCUT2D eigenvalue weighted by atomic mass is 9.83. The van der Waals surface area contributed by atoms with Gasteiger partial charge in [0.05, 0.1) is 0 Å². The summed E-state index contributed by atoms with van der Waals surface area (Å²) in [4.78, 5) is 2.77. The molecule has 3 fully saturated rings. The average Bonchev–Trinajstić information content (AvgIpc) is 2.88. The SMILES string of the molecule is CC1CN(C(C)C2CC3CCC2C3)CCCN1. The maximum atomic E-state index is 3.61. The molecule has 0 aromatic carbocycles. The summed E-state index contributed by atoms with van der Waals surface area (Å²) in [6, 6.07) is 1.51. The van der Waals surface area contributed by atoms with Crippen molar-refractivity contribution in [1.82, 2.24) is 10.2 Å². The van der Waals surface area contributed by atoms with Crippen molar-refractivity contribution < 1.29 is 0 Å². The highest BCUT2D eigenvalue weighted by Crippen LogP contribution is 2.50. The van der Waals surface area contributed by atoms with E-state index in [1.165, 1.54) is 45.3 Å². The van der Waals surface area contributed by atoms with E-state index in [2.05, 4.69) is 24.1 Å². The number of hydrogen-bond acceptors (Lipinski definition) is 2. The Bertz CT molecular complexity index is 266. The van der Waals surface area contributed by atoms with E-state index >= 15 is 0 Å². The molecule has 5 unspecified atom stereocenters. The lowest BCUT2D eigenvalue weighted by Crippen LogP contribution is -2.44. The molecule has 2 bridgehead atoms. The molecule has 0 aromatic heterocycles. The minimum Gasteiger partial charge on any atom is -0.313 e. The summed E-state index contributed by atoms with van der Waals surface area (Å²) in [6.07, 6.45) is 7.48. The smallest absolute Gasteiger partial charge is 0.0166 e. The topological polar surface area (TPSA) is 15.3 Å². The van der Waals surface area contributed by atoms with Crippen molar-refractivity contribution in [3.63, 3.8) is 0 Å². The van der Waals surface area contributed by atoms with Gasteiger partial charge in [-0.3, -0.25) is 4.90 Å². The fourth-order valence-corrected chi connectivity index (χ4v) is 4.66. The Morgan fingerprint density at radius 1 is 1.24 bits per heavy atom. The maximum Gasteiger partial charge on any atom is 0.0166 e. The second-order valence-electron chi connectivity index (χ2n) is 6.78. The Morgan fingerprint density at radius 3 is 2.82 bits per heavy atom. The third kappa shape index (κ3) is 2.39. The lowest BCUT2D eigenvalue weighted by molar-refractivity contribution is 0.119. The van der Waals surface area contributed by atoms with E-state index in [-0.39, 0.29) is 0 Å². The molecule has 5 atom stereocenters. The second-order valence-corrected chi connectivity index (χ2v) is 6.78. The first-order valence-corrected chi connectivity index (χ1v) is 7.71. The van der Waals surface area contributed by atoms with Crippen LogP contribution in [0.25, 0.3) is 0 Å². The summed E-state index contributed by atoms with van der Waals surface area (Å²) in [5.41, 5.74) is 0. The first-order valence-electron chi connectivity index (χ1n) is 7.71. The van der Waals surface area contributed by atoms with Crippen molar-refractivity contribution in [2.75, 3.05) is 19.6 Å². The molecular weight excluding hydrogens is 208 g/mol. The van der Waals surface area contributed by atoms with Crippen molar-refractivity contribution in [2.24, 2.45) is 17.8 Å². The van der Waals surface area contributed by atoms with Gasteiger partial charge in [0, 0.05) is 18.6 Å². The largest absolute Gasteiger partial charge is 0.313 e. The molecule has 0 amide bonds. The lowest BCUT2D eigenvalue weighted by Gasteiger charge is -2.37. The van der Waals surface area contributed by atoms with E-state index in [4.69, 9.17) is 0 Å². The molecule has 2 heteroatoms. The van der Waals surface area contributed by atoms with E-state index in [1.807, 2.05) is 0 Å². The maximum absolute atomic E-state index is 3.61. The Hall–Kier alpha value is -0.0800. The van der Waals surface area contributed by atoms with E-state index in [1.54, 1.807) is 6.42 Å². The van der Waals surface area contributed by atoms with Crippen molar-refractivity contribution in [1.29, 1.82) is 0 Å². The molecule has 3 rings (SSSR count). The number of nitrogens with one attached hydrogen (secondary N) is 1. The van der Waals surface area contributed by atoms with Gasteiger partial charge in [0.25, 0.3) is 0 Å². The van der Waals surface area contributed by atoms with Crippen LogP contribution < -0.4 is 5.32 Å². The van der Waals surface area contributed by atoms with Crippen molar-refractivity contribution >= 4 is 0 Å². The van der Waals surface area contributed by atoms with Gasteiger partial charge < -0.3 is 5.32 Å². The Kier molecular flexibility index (Phi) is 3.45. The van der Waals surface area contributed by atoms with Crippen LogP contribution in [0.4, 0.5) is 0 Å². The quantitative estimate of drug-likeness (QED) is 0.792. The molecule has 98 valence electrons. The molecular formula is C15H28N2. The van der Waals surface area contributed by atoms with Gasteiger partial charge in [-0.05, 0) is 70.4 Å². The zero-order chi connectivity index (χ0) is 11.8. The van der Waals surface area contributed by atoms with Crippen LogP contribution >= 0.6 is 0 Å². The van der Waals surface area contributed by atoms with Crippen LogP contribution in [0.2, 0.25) is 0 Å². The fraction of sp³-hybridized carbons (Fsp3) is 1.00. The van der Waals surface area contributed by atoms with Crippen LogP contribution in [0.3, 0.4) is 0 Å². The highest BCUT2D eigenvalue weighted by atomic mass is 15.2. The van der Waals surface area contributed by atoms with Gasteiger partial charge in [-0.1, -0.05) is 6.42 Å². The zero-order valence-electron chi connectivity index (χ0n) is 11.5. The van der Waals surface area contributed by atoms with E-state index in [0.29, 0.717) is 6.04 Å². The van der Waals surface area contributed by atoms with Crippen molar-refractivity contribution in [3.8, 4) is 0 Å². The number of fused-ring (bicyclic) bond motifs is 2. The standard InChI is InChI=1S/C15H28N2/c1-11-10-17(7-3-6-16-11)12(2)15-9-13-4-5-14(15)8-13/h11-16H,3-10H2,1-2H3. The van der Waals surface area contributed by atoms with Gasteiger partial charge in [-0.25, -0.2) is 0 Å². The van der Waals surface area contributed by atoms with Crippen LogP contribution in [-0.4, -0.2) is 36.6 Å². The summed E-state index contributed by atoms with van der Waals surface area (Å²) in [7, 11) is 0. The first kappa shape index (κ1) is 12.0. The van der Waals surface area contributed by atoms with Crippen LogP contribution in [0, 0.1) is 17.8 Å². The molecule has 17 heavy (non-hydrogen) atoms. The molecule has 1 saturated heterocycles. The third-order valence-corrected chi connectivity index (χ3v) is 5.61. The monoisotopic (exact) mass is 236 g/mol. The predicted molar refractivity (Wildman–Crippen MR) is 72.1 cm³/mol. The number of rotatable bonds is 2. The molecule has 0 radical (unpaired) electrons. The van der Waals surface area contributed by atoms with Gasteiger partial charge in [0.1, 0.15) is 0 Å². The summed E-state index contributed by atoms with van der Waals surface area (Å²) >= 11 is 0. The normalized spacial score (nSPS) is 44.8. The van der Waals surface area contributed by atoms with Crippen LogP contribution in [-0.2, 0) is 0 Å². The van der Waals surface area contributed by atoms with E-state index < -0.39 is 0 Å². The summed E-state index contributed by atoms with van der Waals surface area (Å²) in [5.74, 6) is 3.18. The fourth-order valence-electron chi connectivity index (χ4n) is 4.66. The molecule has 0 aromatic rings. The van der Waals surface area contributed by atoms with Crippen LogP contribution in [0.15, 0.2) is 0 Å². The minimum atomic E-state index is 0.679. The van der Waals surface area contributed by atoms with Crippen LogP contribution in [0.5, 0.6) is 0 Å². The molecule has 3 aliphatic rings. The van der Waals surface area contributed by atoms with Gasteiger partial charge in [-0.2, -0.15) is 0 Å². The molecule has 1 heterocycles. The Balaban J connectivity index is 1.62. The number of hydrogen-bond donors (Lipinski definition) is 1. The predicted octanol–water partition coefficient (Wildman–Crippen LogP) is 2.49. The van der Waals surface area contributed by atoms with Gasteiger partial charge in [-0.15, -0.1) is 0 Å². The van der Waals surface area contributed by atoms with Gasteiger partial charge in [0.15, 0.2) is 0 Å². The first-order chi connectivity index (χ1) is 8.24. The molecule has 0 spiro atoms. The molecule has 2 nitrogen and oxygen atoms in total. The zero-order valence-corrected chi connectivity index (χ0v) is 11.5. The summed E-state index contributed by atoms with van der Waals surface area (Å²) in [6.45, 7) is 8.62. The second kappa shape index (κ2) is 4.89.